The zero-order chi connectivity index (χ0) is 61.4. The summed E-state index contributed by atoms with van der Waals surface area (Å²) in [6.07, 6.45) is 83.4. The highest BCUT2D eigenvalue weighted by Crippen LogP contribution is 2.43. The lowest BCUT2D eigenvalue weighted by Crippen LogP contribution is -2.47. The molecule has 490 valence electrons. The zero-order valence-electron chi connectivity index (χ0n) is 56.1. The minimum atomic E-state index is -4.46. The lowest BCUT2D eigenvalue weighted by Gasteiger charge is -2.27. The summed E-state index contributed by atoms with van der Waals surface area (Å²) in [4.78, 5) is 37.9. The zero-order valence-corrected chi connectivity index (χ0v) is 57.0. The second kappa shape index (κ2) is 63.5. The molecule has 0 aromatic heterocycles. The van der Waals surface area contributed by atoms with E-state index in [1.807, 2.05) is 33.3 Å². The first-order chi connectivity index (χ1) is 40.9. The van der Waals surface area contributed by atoms with Crippen LogP contribution in [0.1, 0.15) is 335 Å². The molecule has 9 nitrogen and oxygen atoms in total. The van der Waals surface area contributed by atoms with Crippen LogP contribution in [0.3, 0.4) is 0 Å². The summed E-state index contributed by atoms with van der Waals surface area (Å²) in [5, 5.41) is 3.07. The smallest absolute Gasteiger partial charge is 0.456 e. The van der Waals surface area contributed by atoms with Crippen molar-refractivity contribution < 1.29 is 37.3 Å². The van der Waals surface area contributed by atoms with Crippen molar-refractivity contribution in [1.29, 1.82) is 0 Å². The Morgan fingerprint density at radius 1 is 0.429 bits per heavy atom. The van der Waals surface area contributed by atoms with E-state index in [4.69, 9.17) is 13.8 Å². The Bertz CT molecular complexity index is 1670. The molecule has 10 heteroatoms. The van der Waals surface area contributed by atoms with Crippen molar-refractivity contribution in [2.75, 3.05) is 40.9 Å². The fourth-order valence-electron chi connectivity index (χ4n) is 10.4. The minimum Gasteiger partial charge on any atom is -0.456 e. The summed E-state index contributed by atoms with van der Waals surface area (Å²) in [5.41, 5.74) is 0. The maximum Gasteiger partial charge on any atom is 0.472 e. The number of quaternary nitrogens is 1. The molecular formula is C74H138N2O7P+. The molecule has 2 N–H and O–H groups in total. The third kappa shape index (κ3) is 63.9. The Morgan fingerprint density at radius 3 is 1.14 bits per heavy atom. The SMILES string of the molecule is CC/C=C\C/C=C\C/C=C\C/C=C\C/C=C\CCCCCCCCCC(=O)OC(/C=C/CCCCCCCCCCCC)C(COP(=O)(O)OCC[N+](C)(C)C)NC(=O)CCCCCCCCCCCCCCCCCCCCCCCCC. The number of hydrogen-bond acceptors (Lipinski definition) is 6. The molecule has 0 rings (SSSR count). The van der Waals surface area contributed by atoms with Crippen molar-refractivity contribution in [3.05, 3.63) is 72.9 Å². The average molecular weight is 1200 g/mol. The van der Waals surface area contributed by atoms with Gasteiger partial charge in [0.05, 0.1) is 33.8 Å². The van der Waals surface area contributed by atoms with Gasteiger partial charge in [-0.15, -0.1) is 0 Å². The topological polar surface area (TPSA) is 111 Å². The predicted octanol–water partition coefficient (Wildman–Crippen LogP) is 22.7. The van der Waals surface area contributed by atoms with Gasteiger partial charge in [-0.3, -0.25) is 18.6 Å². The standard InChI is InChI=1S/C74H137N2O7P/c1-7-10-13-16-19-22-25-28-30-32-34-36-38-40-42-44-46-48-51-54-57-60-63-66-73(77)75-71(70-82-84(79,80)81-69-68-76(4,5)6)72(65-62-59-56-53-50-27-24-21-18-15-12-9-3)83-74(78)67-64-61-58-55-52-49-47-45-43-41-39-37-35-33-31-29-26-23-20-17-14-11-8-2/h11,14,20,23,29,31,35,37,41,43,62,65,71-72H,7-10,12-13,15-19,21-22,24-28,30,32-34,36,38-40,42,44-61,63-64,66-70H2,1-6H3,(H-,75,77,79,80)/p+1/b14-11-,23-20-,31-29-,37-35-,43-41-,65-62+. The molecule has 0 fully saturated rings. The molecule has 3 unspecified atom stereocenters. The number of carbonyl (C=O) groups is 2. The third-order valence-electron chi connectivity index (χ3n) is 15.9. The Balaban J connectivity index is 5.08. The van der Waals surface area contributed by atoms with Crippen molar-refractivity contribution in [2.45, 2.75) is 348 Å². The predicted molar refractivity (Wildman–Crippen MR) is 365 cm³/mol. The molecule has 1 amide bonds. The van der Waals surface area contributed by atoms with Gasteiger partial charge >= 0.3 is 13.8 Å². The highest BCUT2D eigenvalue weighted by molar-refractivity contribution is 7.47. The van der Waals surface area contributed by atoms with Crippen LogP contribution < -0.4 is 5.32 Å². The Morgan fingerprint density at radius 2 is 0.762 bits per heavy atom. The second-order valence-electron chi connectivity index (χ2n) is 25.4. The molecule has 0 heterocycles. The molecule has 0 bridgehead atoms. The van der Waals surface area contributed by atoms with Crippen molar-refractivity contribution in [2.24, 2.45) is 0 Å². The number of nitrogens with zero attached hydrogens (tertiary/aromatic N) is 1. The van der Waals surface area contributed by atoms with Gasteiger partial charge in [-0.05, 0) is 76.7 Å². The Labute approximate surface area is 521 Å². The van der Waals surface area contributed by atoms with Crippen LogP contribution >= 0.6 is 7.82 Å². The summed E-state index contributed by atoms with van der Waals surface area (Å²) >= 11 is 0. The van der Waals surface area contributed by atoms with Crippen LogP contribution in [0.15, 0.2) is 72.9 Å². The van der Waals surface area contributed by atoms with Crippen LogP contribution in [-0.4, -0.2) is 74.3 Å². The molecule has 0 radical (unpaired) electrons. The Hall–Kier alpha value is -2.55. The third-order valence-corrected chi connectivity index (χ3v) is 16.9. The van der Waals surface area contributed by atoms with Crippen LogP contribution in [0, 0.1) is 0 Å². The minimum absolute atomic E-state index is 0.0378. The van der Waals surface area contributed by atoms with Crippen LogP contribution in [-0.2, 0) is 27.9 Å². The first-order valence-electron chi connectivity index (χ1n) is 35.8. The van der Waals surface area contributed by atoms with Gasteiger partial charge in [-0.1, -0.05) is 319 Å². The number of allylic oxidation sites excluding steroid dienone is 11. The van der Waals surface area contributed by atoms with Gasteiger partial charge in [0.2, 0.25) is 5.91 Å². The lowest BCUT2D eigenvalue weighted by atomic mass is 10.0. The number of phosphoric ester groups is 1. The van der Waals surface area contributed by atoms with E-state index in [1.54, 1.807) is 0 Å². The number of carbonyl (C=O) groups excluding carboxylic acids is 2. The highest BCUT2D eigenvalue weighted by Gasteiger charge is 2.30. The monoisotopic (exact) mass is 1200 g/mol. The molecule has 0 saturated carbocycles. The van der Waals surface area contributed by atoms with E-state index >= 15 is 0 Å². The largest absolute Gasteiger partial charge is 0.472 e. The summed E-state index contributed by atoms with van der Waals surface area (Å²) in [6, 6.07) is -0.855. The van der Waals surface area contributed by atoms with Crippen molar-refractivity contribution >= 4 is 19.7 Å². The van der Waals surface area contributed by atoms with E-state index in [-0.39, 0.29) is 31.5 Å². The first-order valence-corrected chi connectivity index (χ1v) is 37.3. The van der Waals surface area contributed by atoms with Gasteiger partial charge in [0.15, 0.2) is 0 Å². The van der Waals surface area contributed by atoms with E-state index in [9.17, 15) is 19.0 Å². The molecular weight excluding hydrogens is 1060 g/mol. The van der Waals surface area contributed by atoms with Gasteiger partial charge < -0.3 is 19.4 Å². The number of likely N-dealkylation sites (N-methyl/N-ethyl adjacent to an activating group) is 1. The number of unbranched alkanes of at least 4 members (excludes halogenated alkanes) is 39. The molecule has 0 saturated heterocycles. The average Bonchev–Trinajstić information content (AvgIpc) is 3.65. The quantitative estimate of drug-likeness (QED) is 0.0205. The lowest BCUT2D eigenvalue weighted by molar-refractivity contribution is -0.870. The van der Waals surface area contributed by atoms with E-state index in [0.717, 1.165) is 103 Å². The van der Waals surface area contributed by atoms with Crippen molar-refractivity contribution in [1.82, 2.24) is 5.32 Å². The van der Waals surface area contributed by atoms with Gasteiger partial charge in [0, 0.05) is 12.8 Å². The number of ether oxygens (including phenoxy) is 1. The van der Waals surface area contributed by atoms with Crippen LogP contribution in [0.2, 0.25) is 0 Å². The highest BCUT2D eigenvalue weighted by atomic mass is 31.2. The van der Waals surface area contributed by atoms with Crippen LogP contribution in [0.25, 0.3) is 0 Å². The van der Waals surface area contributed by atoms with Crippen LogP contribution in [0.4, 0.5) is 0 Å². The van der Waals surface area contributed by atoms with E-state index in [1.165, 1.54) is 199 Å². The molecule has 0 aromatic rings. The summed E-state index contributed by atoms with van der Waals surface area (Å²) < 4.78 is 30.8. The summed E-state index contributed by atoms with van der Waals surface area (Å²) in [5.74, 6) is -0.506. The fraction of sp³-hybridized carbons (Fsp3) is 0.811. The maximum absolute atomic E-state index is 13.6. The van der Waals surface area contributed by atoms with E-state index in [0.29, 0.717) is 17.4 Å². The first kappa shape index (κ1) is 81.5. The summed E-state index contributed by atoms with van der Waals surface area (Å²) in [7, 11) is 1.50. The number of esters is 1. The van der Waals surface area contributed by atoms with E-state index < -0.39 is 20.0 Å². The normalized spacial score (nSPS) is 13.9. The summed E-state index contributed by atoms with van der Waals surface area (Å²) in [6.45, 7) is 6.93. The molecule has 0 aliphatic heterocycles. The van der Waals surface area contributed by atoms with Gasteiger partial charge in [0.1, 0.15) is 19.3 Å². The number of hydrogen-bond donors (Lipinski definition) is 2. The Kier molecular flexibility index (Phi) is 61.5. The molecule has 0 spiro atoms. The van der Waals surface area contributed by atoms with Crippen molar-refractivity contribution in [3.8, 4) is 0 Å². The second-order valence-corrected chi connectivity index (χ2v) is 26.8. The molecule has 3 atom stereocenters. The van der Waals surface area contributed by atoms with Crippen LogP contribution in [0.5, 0.6) is 0 Å². The number of nitrogens with one attached hydrogen (secondary N) is 1. The molecule has 0 aliphatic rings. The number of amides is 1. The molecule has 0 aromatic carbocycles. The number of phosphoric acid groups is 1. The van der Waals surface area contributed by atoms with Gasteiger partial charge in [0.25, 0.3) is 0 Å². The fourth-order valence-corrected chi connectivity index (χ4v) is 11.2. The van der Waals surface area contributed by atoms with Gasteiger partial charge in [-0.2, -0.15) is 0 Å². The molecule has 84 heavy (non-hydrogen) atoms. The van der Waals surface area contributed by atoms with Crippen molar-refractivity contribution in [3.63, 3.8) is 0 Å². The maximum atomic E-state index is 13.6. The van der Waals surface area contributed by atoms with E-state index in [2.05, 4.69) is 86.8 Å². The molecule has 0 aliphatic carbocycles. The number of rotatable bonds is 65. The van der Waals surface area contributed by atoms with Gasteiger partial charge in [-0.25, -0.2) is 4.57 Å².